The van der Waals surface area contributed by atoms with Gasteiger partial charge in [0.25, 0.3) is 0 Å². The Morgan fingerprint density at radius 1 is 1.14 bits per heavy atom. The van der Waals surface area contributed by atoms with Crippen LogP contribution in [0.15, 0.2) is 29.3 Å². The molecule has 1 aromatic carbocycles. The maximum Gasteiger partial charge on any atom is 0.191 e. The molecule has 0 amide bonds. The van der Waals surface area contributed by atoms with Gasteiger partial charge < -0.3 is 20.3 Å². The first kappa shape index (κ1) is 26.0. The fourth-order valence-corrected chi connectivity index (χ4v) is 3.44. The van der Waals surface area contributed by atoms with Crippen molar-refractivity contribution in [3.8, 4) is 5.75 Å². The van der Waals surface area contributed by atoms with Crippen molar-refractivity contribution in [3.05, 3.63) is 29.8 Å². The molecule has 29 heavy (non-hydrogen) atoms. The molecule has 166 valence electrons. The first-order valence-electron chi connectivity index (χ1n) is 10.5. The lowest BCUT2D eigenvalue weighted by atomic mass is 9.98. The number of rotatable bonds is 9. The highest BCUT2D eigenvalue weighted by Crippen LogP contribution is 2.20. The molecule has 1 fully saturated rings. The fourth-order valence-electron chi connectivity index (χ4n) is 3.44. The largest absolute Gasteiger partial charge is 0.492 e. The van der Waals surface area contributed by atoms with Gasteiger partial charge in [0.1, 0.15) is 12.4 Å². The molecule has 0 atom stereocenters. The van der Waals surface area contributed by atoms with E-state index >= 15 is 0 Å². The van der Waals surface area contributed by atoms with Crippen molar-refractivity contribution in [3.63, 3.8) is 0 Å². The average molecular weight is 518 g/mol. The van der Waals surface area contributed by atoms with Crippen LogP contribution in [0, 0.1) is 0 Å². The lowest BCUT2D eigenvalue weighted by Gasteiger charge is -2.41. The summed E-state index contributed by atoms with van der Waals surface area (Å²) < 4.78 is 5.96. The van der Waals surface area contributed by atoms with Crippen LogP contribution in [0.4, 0.5) is 0 Å². The highest BCUT2D eigenvalue weighted by molar-refractivity contribution is 14.0. The van der Waals surface area contributed by atoms with Crippen LogP contribution in [0.2, 0.25) is 0 Å². The van der Waals surface area contributed by atoms with Crippen LogP contribution >= 0.6 is 24.0 Å². The summed E-state index contributed by atoms with van der Waals surface area (Å²) in [4.78, 5) is 9.10. The minimum Gasteiger partial charge on any atom is -0.492 e. The molecule has 7 heteroatoms. The molecule has 0 saturated carbocycles. The van der Waals surface area contributed by atoms with Crippen LogP contribution in [0.25, 0.3) is 0 Å². The molecule has 1 aromatic rings. The molecule has 2 N–H and O–H groups in total. The molecule has 1 saturated heterocycles. The lowest BCUT2D eigenvalue weighted by Crippen LogP contribution is -2.54. The number of likely N-dealkylation sites (tertiary alicyclic amines) is 1. The third-order valence-electron chi connectivity index (χ3n) is 5.34. The van der Waals surface area contributed by atoms with Gasteiger partial charge in [0.05, 0.1) is 0 Å². The van der Waals surface area contributed by atoms with Gasteiger partial charge in [-0.2, -0.15) is 0 Å². The Morgan fingerprint density at radius 3 is 2.48 bits per heavy atom. The fraction of sp³-hybridized carbons (Fsp3) is 0.682. The van der Waals surface area contributed by atoms with E-state index in [0.717, 1.165) is 30.4 Å². The molecular weight excluding hydrogens is 477 g/mol. The van der Waals surface area contributed by atoms with E-state index in [0.29, 0.717) is 13.2 Å². The van der Waals surface area contributed by atoms with Gasteiger partial charge in [-0.25, -0.2) is 0 Å². The monoisotopic (exact) mass is 517 g/mol. The summed E-state index contributed by atoms with van der Waals surface area (Å²) in [6.45, 7) is 10.1. The predicted octanol–water partition coefficient (Wildman–Crippen LogP) is 3.17. The third-order valence-corrected chi connectivity index (χ3v) is 5.34. The number of para-hydroxylation sites is 1. The second-order valence-corrected chi connectivity index (χ2v) is 8.40. The molecule has 0 aliphatic carbocycles. The number of benzene rings is 1. The number of hydrogen-bond acceptors (Lipinski definition) is 4. The van der Waals surface area contributed by atoms with Crippen molar-refractivity contribution in [1.82, 2.24) is 20.4 Å². The highest BCUT2D eigenvalue weighted by Gasteiger charge is 2.27. The van der Waals surface area contributed by atoms with Crippen LogP contribution in [-0.2, 0) is 6.54 Å². The summed E-state index contributed by atoms with van der Waals surface area (Å²) in [5, 5.41) is 6.94. The number of guanidine groups is 1. The van der Waals surface area contributed by atoms with E-state index in [1.165, 1.54) is 32.4 Å². The first-order chi connectivity index (χ1) is 13.4. The molecule has 6 nitrogen and oxygen atoms in total. The van der Waals surface area contributed by atoms with Crippen molar-refractivity contribution in [2.24, 2.45) is 4.99 Å². The van der Waals surface area contributed by atoms with E-state index in [1.807, 2.05) is 25.2 Å². The number of halogens is 1. The number of nitrogens with one attached hydrogen (secondary N) is 2. The Morgan fingerprint density at radius 2 is 1.83 bits per heavy atom. The predicted molar refractivity (Wildman–Crippen MR) is 134 cm³/mol. The van der Waals surface area contributed by atoms with Crippen molar-refractivity contribution >= 4 is 29.9 Å². The molecule has 1 heterocycles. The van der Waals surface area contributed by atoms with Crippen molar-refractivity contribution in [2.75, 3.05) is 53.9 Å². The number of likely N-dealkylation sites (N-methyl/N-ethyl adjacent to an activating group) is 1. The van der Waals surface area contributed by atoms with Gasteiger partial charge in [0, 0.05) is 37.8 Å². The van der Waals surface area contributed by atoms with Crippen LogP contribution < -0.4 is 15.4 Å². The minimum atomic E-state index is 0. The van der Waals surface area contributed by atoms with E-state index in [9.17, 15) is 0 Å². The van der Waals surface area contributed by atoms with Crippen LogP contribution in [0.3, 0.4) is 0 Å². The van der Waals surface area contributed by atoms with Crippen LogP contribution in [0.5, 0.6) is 5.75 Å². The Kier molecular flexibility index (Phi) is 11.9. The van der Waals surface area contributed by atoms with Gasteiger partial charge in [-0.3, -0.25) is 9.89 Å². The summed E-state index contributed by atoms with van der Waals surface area (Å²) in [5.74, 6) is 1.76. The number of piperidine rings is 1. The lowest BCUT2D eigenvalue weighted by molar-refractivity contribution is 0.0982. The number of hydrogen-bond donors (Lipinski definition) is 2. The summed E-state index contributed by atoms with van der Waals surface area (Å²) in [6, 6.07) is 8.19. The minimum absolute atomic E-state index is 0. The molecule has 0 aromatic heterocycles. The van der Waals surface area contributed by atoms with Gasteiger partial charge in [-0.1, -0.05) is 24.6 Å². The first-order valence-corrected chi connectivity index (χ1v) is 10.5. The average Bonchev–Trinajstić information content (AvgIpc) is 2.69. The van der Waals surface area contributed by atoms with E-state index in [2.05, 4.69) is 59.4 Å². The normalized spacial score (nSPS) is 15.7. The third kappa shape index (κ3) is 9.09. The molecule has 0 radical (unpaired) electrons. The Hall–Kier alpha value is -1.06. The molecular formula is C22H40IN5O. The second kappa shape index (κ2) is 13.3. The summed E-state index contributed by atoms with van der Waals surface area (Å²) >= 11 is 0. The second-order valence-electron chi connectivity index (χ2n) is 8.40. The molecule has 0 spiro atoms. The van der Waals surface area contributed by atoms with Gasteiger partial charge in [-0.05, 0) is 59.9 Å². The smallest absolute Gasteiger partial charge is 0.191 e. The Labute approximate surface area is 194 Å². The maximum atomic E-state index is 5.96. The van der Waals surface area contributed by atoms with Crippen LogP contribution in [0.1, 0.15) is 38.7 Å². The zero-order valence-corrected chi connectivity index (χ0v) is 21.2. The molecule has 2 rings (SSSR count). The number of aliphatic imine (C=N–C) groups is 1. The molecule has 0 unspecified atom stereocenters. The quantitative estimate of drug-likeness (QED) is 0.300. The molecule has 1 aliphatic heterocycles. The molecule has 1 aliphatic rings. The van der Waals surface area contributed by atoms with Crippen molar-refractivity contribution in [1.29, 1.82) is 0 Å². The van der Waals surface area contributed by atoms with Crippen molar-refractivity contribution < 1.29 is 4.74 Å². The standard InChI is InChI=1S/C22H39N5O.HI/c1-22(2,27-13-9-6-10-14-27)18-25-21(23-3)24-17-19-11-7-8-12-20(19)28-16-15-26(4)5;/h7-8,11-12H,6,9-10,13-18H2,1-5H3,(H2,23,24,25);1H. The Bertz CT molecular complexity index is 615. The highest BCUT2D eigenvalue weighted by atomic mass is 127. The van der Waals surface area contributed by atoms with E-state index in [-0.39, 0.29) is 29.5 Å². The van der Waals surface area contributed by atoms with E-state index < -0.39 is 0 Å². The maximum absolute atomic E-state index is 5.96. The van der Waals surface area contributed by atoms with Gasteiger partial charge in [-0.15, -0.1) is 24.0 Å². The number of ether oxygens (including phenoxy) is 1. The summed E-state index contributed by atoms with van der Waals surface area (Å²) in [7, 11) is 5.93. The summed E-state index contributed by atoms with van der Waals surface area (Å²) in [6.07, 6.45) is 3.97. The zero-order chi connectivity index (χ0) is 20.4. The van der Waals surface area contributed by atoms with Crippen LogP contribution in [-0.4, -0.2) is 75.2 Å². The number of nitrogens with zero attached hydrogens (tertiary/aromatic N) is 3. The van der Waals surface area contributed by atoms with Gasteiger partial charge >= 0.3 is 0 Å². The zero-order valence-electron chi connectivity index (χ0n) is 18.8. The van der Waals surface area contributed by atoms with Gasteiger partial charge in [0.15, 0.2) is 5.96 Å². The summed E-state index contributed by atoms with van der Waals surface area (Å²) in [5.41, 5.74) is 1.25. The van der Waals surface area contributed by atoms with Crippen molar-refractivity contribution in [2.45, 2.75) is 45.2 Å². The molecule has 0 bridgehead atoms. The topological polar surface area (TPSA) is 52.1 Å². The van der Waals surface area contributed by atoms with Gasteiger partial charge in [0.2, 0.25) is 0 Å². The van der Waals surface area contributed by atoms with E-state index in [4.69, 9.17) is 4.74 Å². The van der Waals surface area contributed by atoms with E-state index in [1.54, 1.807) is 0 Å². The Balaban J connectivity index is 0.00000420. The SMILES string of the molecule is CN=C(NCc1ccccc1OCCN(C)C)NCC(C)(C)N1CCCCC1.I.